The minimum atomic E-state index is -0.320. The first-order valence-electron chi connectivity index (χ1n) is 8.39. The first-order chi connectivity index (χ1) is 12.1. The quantitative estimate of drug-likeness (QED) is 0.917. The van der Waals surface area contributed by atoms with Gasteiger partial charge in [-0.15, -0.1) is 0 Å². The number of hydrogen-bond donors (Lipinski definition) is 1. The van der Waals surface area contributed by atoms with Gasteiger partial charge in [-0.3, -0.25) is 4.79 Å². The molecule has 1 fully saturated rings. The van der Waals surface area contributed by atoms with Crippen molar-refractivity contribution in [2.45, 2.75) is 13.0 Å². The molecule has 132 valence electrons. The summed E-state index contributed by atoms with van der Waals surface area (Å²) in [6.45, 7) is 3.77. The maximum atomic E-state index is 12.7. The van der Waals surface area contributed by atoms with Crippen LogP contribution in [-0.2, 0) is 11.8 Å². The second-order valence-corrected chi connectivity index (χ2v) is 6.18. The number of urea groups is 1. The maximum Gasteiger partial charge on any atom is 0.318 e. The summed E-state index contributed by atoms with van der Waals surface area (Å²) in [4.78, 5) is 32.1. The minimum absolute atomic E-state index is 0.0511. The predicted molar refractivity (Wildman–Crippen MR) is 93.9 cm³/mol. The van der Waals surface area contributed by atoms with Crippen molar-refractivity contribution in [3.63, 3.8) is 0 Å². The Morgan fingerprint density at radius 2 is 1.72 bits per heavy atom. The van der Waals surface area contributed by atoms with Gasteiger partial charge in [-0.05, 0) is 5.56 Å². The van der Waals surface area contributed by atoms with Crippen LogP contribution < -0.4 is 5.32 Å². The van der Waals surface area contributed by atoms with Crippen molar-refractivity contribution in [1.29, 1.82) is 0 Å². The lowest BCUT2D eigenvalue weighted by Gasteiger charge is -2.35. The van der Waals surface area contributed by atoms with Gasteiger partial charge in [-0.25, -0.2) is 9.78 Å². The highest BCUT2D eigenvalue weighted by Gasteiger charge is 2.26. The zero-order valence-corrected chi connectivity index (χ0v) is 14.6. The van der Waals surface area contributed by atoms with Gasteiger partial charge in [0.1, 0.15) is 11.9 Å². The standard InChI is InChI=1S/C18H23N5O2/c1-14(24)22-10-12-23(13-11-22)18(25)20-16(15-6-4-3-5-7-15)17-19-8-9-21(17)2/h3-9,16H,10-13H2,1-2H3,(H,20,25). The number of amides is 3. The zero-order valence-electron chi connectivity index (χ0n) is 14.6. The van der Waals surface area contributed by atoms with Crippen molar-refractivity contribution in [2.24, 2.45) is 7.05 Å². The summed E-state index contributed by atoms with van der Waals surface area (Å²) in [7, 11) is 1.91. The van der Waals surface area contributed by atoms with Crippen LogP contribution in [0.1, 0.15) is 24.4 Å². The first kappa shape index (κ1) is 17.0. The molecule has 7 heteroatoms. The molecule has 0 radical (unpaired) electrons. The molecule has 1 aliphatic rings. The molecule has 0 saturated carbocycles. The van der Waals surface area contributed by atoms with E-state index in [0.717, 1.165) is 11.4 Å². The molecule has 1 saturated heterocycles. The number of rotatable bonds is 3. The zero-order chi connectivity index (χ0) is 17.8. The van der Waals surface area contributed by atoms with Crippen LogP contribution in [0.25, 0.3) is 0 Å². The average molecular weight is 341 g/mol. The van der Waals surface area contributed by atoms with E-state index in [-0.39, 0.29) is 18.0 Å². The molecule has 1 atom stereocenters. The summed E-state index contributed by atoms with van der Waals surface area (Å²) < 4.78 is 1.91. The highest BCUT2D eigenvalue weighted by molar-refractivity contribution is 5.76. The van der Waals surface area contributed by atoms with Crippen molar-refractivity contribution in [2.75, 3.05) is 26.2 Å². The van der Waals surface area contributed by atoms with E-state index in [0.29, 0.717) is 26.2 Å². The van der Waals surface area contributed by atoms with E-state index in [9.17, 15) is 9.59 Å². The average Bonchev–Trinajstić information content (AvgIpc) is 3.06. The Bertz CT molecular complexity index is 735. The summed E-state index contributed by atoms with van der Waals surface area (Å²) in [5.41, 5.74) is 0.979. The summed E-state index contributed by atoms with van der Waals surface area (Å²) in [6, 6.07) is 9.34. The number of aromatic nitrogens is 2. The Morgan fingerprint density at radius 3 is 2.28 bits per heavy atom. The maximum absolute atomic E-state index is 12.7. The van der Waals surface area contributed by atoms with E-state index >= 15 is 0 Å². The Balaban J connectivity index is 1.74. The van der Waals surface area contributed by atoms with Gasteiger partial charge in [0.25, 0.3) is 0 Å². The predicted octanol–water partition coefficient (Wildman–Crippen LogP) is 1.38. The second-order valence-electron chi connectivity index (χ2n) is 6.18. The minimum Gasteiger partial charge on any atom is -0.339 e. The van der Waals surface area contributed by atoms with E-state index in [4.69, 9.17) is 0 Å². The van der Waals surface area contributed by atoms with Crippen molar-refractivity contribution in [3.05, 3.63) is 54.1 Å². The third-order valence-corrected chi connectivity index (χ3v) is 4.53. The molecule has 2 aromatic rings. The molecule has 1 aromatic carbocycles. The van der Waals surface area contributed by atoms with Gasteiger partial charge >= 0.3 is 6.03 Å². The first-order valence-corrected chi connectivity index (χ1v) is 8.39. The molecule has 0 bridgehead atoms. The van der Waals surface area contributed by atoms with Crippen LogP contribution in [-0.4, -0.2) is 57.5 Å². The smallest absolute Gasteiger partial charge is 0.318 e. The molecular formula is C18H23N5O2. The number of benzene rings is 1. The van der Waals surface area contributed by atoms with Gasteiger partial charge in [0.05, 0.1) is 0 Å². The fraction of sp³-hybridized carbons (Fsp3) is 0.389. The van der Waals surface area contributed by atoms with Crippen LogP contribution in [0.15, 0.2) is 42.7 Å². The van der Waals surface area contributed by atoms with Gasteiger partial charge in [0, 0.05) is 52.5 Å². The fourth-order valence-corrected chi connectivity index (χ4v) is 3.04. The lowest BCUT2D eigenvalue weighted by Crippen LogP contribution is -2.53. The molecule has 1 aliphatic heterocycles. The van der Waals surface area contributed by atoms with E-state index in [1.165, 1.54) is 0 Å². The van der Waals surface area contributed by atoms with Crippen molar-refractivity contribution in [1.82, 2.24) is 24.7 Å². The highest BCUT2D eigenvalue weighted by Crippen LogP contribution is 2.20. The summed E-state index contributed by atoms with van der Waals surface area (Å²) in [6.07, 6.45) is 3.59. The molecule has 3 rings (SSSR count). The normalized spacial score (nSPS) is 15.8. The Hall–Kier alpha value is -2.83. The van der Waals surface area contributed by atoms with Crippen LogP contribution in [0.3, 0.4) is 0 Å². The van der Waals surface area contributed by atoms with Crippen molar-refractivity contribution >= 4 is 11.9 Å². The number of aryl methyl sites for hydroxylation is 1. The largest absolute Gasteiger partial charge is 0.339 e. The Kier molecular flexibility index (Phi) is 5.02. The van der Waals surface area contributed by atoms with Crippen molar-refractivity contribution in [3.8, 4) is 0 Å². The summed E-state index contributed by atoms with van der Waals surface area (Å²) in [5, 5.41) is 3.09. The van der Waals surface area contributed by atoms with Gasteiger partial charge < -0.3 is 19.7 Å². The molecule has 0 spiro atoms. The number of carbonyl (C=O) groups excluding carboxylic acids is 2. The number of nitrogens with zero attached hydrogens (tertiary/aromatic N) is 4. The SMILES string of the molecule is CC(=O)N1CCN(C(=O)NC(c2ccccc2)c2nccn2C)CC1. The van der Waals surface area contributed by atoms with E-state index in [1.54, 1.807) is 22.9 Å². The van der Waals surface area contributed by atoms with Gasteiger partial charge in [-0.1, -0.05) is 30.3 Å². The lowest BCUT2D eigenvalue weighted by molar-refractivity contribution is -0.130. The van der Waals surface area contributed by atoms with Crippen LogP contribution in [0.5, 0.6) is 0 Å². The molecule has 7 nitrogen and oxygen atoms in total. The topological polar surface area (TPSA) is 70.5 Å². The van der Waals surface area contributed by atoms with Gasteiger partial charge in [-0.2, -0.15) is 0 Å². The number of carbonyl (C=O) groups is 2. The third kappa shape index (κ3) is 3.81. The van der Waals surface area contributed by atoms with Crippen LogP contribution in [0, 0.1) is 0 Å². The molecule has 3 amide bonds. The summed E-state index contributed by atoms with van der Waals surface area (Å²) >= 11 is 0. The Morgan fingerprint density at radius 1 is 1.08 bits per heavy atom. The monoisotopic (exact) mass is 341 g/mol. The molecular weight excluding hydrogens is 318 g/mol. The van der Waals surface area contributed by atoms with Crippen molar-refractivity contribution < 1.29 is 9.59 Å². The molecule has 25 heavy (non-hydrogen) atoms. The van der Waals surface area contributed by atoms with Crippen LogP contribution in [0.4, 0.5) is 4.79 Å². The van der Waals surface area contributed by atoms with E-state index < -0.39 is 0 Å². The summed E-state index contributed by atoms with van der Waals surface area (Å²) in [5.74, 6) is 0.831. The van der Waals surface area contributed by atoms with Gasteiger partial charge in [0.2, 0.25) is 5.91 Å². The highest BCUT2D eigenvalue weighted by atomic mass is 16.2. The number of piperazine rings is 1. The molecule has 1 unspecified atom stereocenters. The van der Waals surface area contributed by atoms with Crippen LogP contribution >= 0.6 is 0 Å². The van der Waals surface area contributed by atoms with Crippen LogP contribution in [0.2, 0.25) is 0 Å². The fourth-order valence-electron chi connectivity index (χ4n) is 3.04. The molecule has 2 heterocycles. The second kappa shape index (κ2) is 7.38. The lowest BCUT2D eigenvalue weighted by atomic mass is 10.1. The molecule has 0 aliphatic carbocycles. The Labute approximate surface area is 147 Å². The van der Waals surface area contributed by atoms with Gasteiger partial charge in [0.15, 0.2) is 0 Å². The molecule has 1 aromatic heterocycles. The number of nitrogens with one attached hydrogen (secondary N) is 1. The molecule has 1 N–H and O–H groups in total. The van der Waals surface area contributed by atoms with E-state index in [1.807, 2.05) is 48.1 Å². The van der Waals surface area contributed by atoms with E-state index in [2.05, 4.69) is 10.3 Å². The number of imidazole rings is 1. The number of hydrogen-bond acceptors (Lipinski definition) is 3. The third-order valence-electron chi connectivity index (χ3n) is 4.53.